The minimum Gasteiger partial charge on any atom is -0.480 e. The van der Waals surface area contributed by atoms with Crippen LogP contribution in [0.3, 0.4) is 0 Å². The van der Waals surface area contributed by atoms with E-state index in [0.717, 1.165) is 4.68 Å². The van der Waals surface area contributed by atoms with Gasteiger partial charge < -0.3 is 10.4 Å². The molecule has 1 heterocycles. The van der Waals surface area contributed by atoms with Gasteiger partial charge in [0.1, 0.15) is 12.6 Å². The Hall–Kier alpha value is -2.06. The number of halogens is 3. The van der Waals surface area contributed by atoms with E-state index < -0.39 is 36.6 Å². The number of carboxylic acid groups (broad SMARTS) is 1. The number of aromatic nitrogens is 2. The average molecular weight is 363 g/mol. The lowest BCUT2D eigenvalue weighted by Gasteiger charge is -2.19. The highest BCUT2D eigenvalue weighted by Crippen LogP contribution is 2.26. The van der Waals surface area contributed by atoms with E-state index in [4.69, 9.17) is 0 Å². The van der Waals surface area contributed by atoms with Gasteiger partial charge in [-0.3, -0.25) is 9.48 Å². The summed E-state index contributed by atoms with van der Waals surface area (Å²) in [5, 5.41) is 15.5. The zero-order chi connectivity index (χ0) is 19.5. The lowest BCUT2D eigenvalue weighted by Crippen LogP contribution is -2.43. The van der Waals surface area contributed by atoms with Crippen LogP contribution < -0.4 is 5.32 Å². The van der Waals surface area contributed by atoms with Crippen molar-refractivity contribution in [2.45, 2.75) is 65.7 Å². The second kappa shape index (κ2) is 7.88. The van der Waals surface area contributed by atoms with Crippen LogP contribution >= 0.6 is 0 Å². The third kappa shape index (κ3) is 5.75. The summed E-state index contributed by atoms with van der Waals surface area (Å²) in [7, 11) is 0. The molecule has 25 heavy (non-hydrogen) atoms. The number of amides is 1. The molecule has 9 heteroatoms. The van der Waals surface area contributed by atoms with Crippen molar-refractivity contribution in [1.29, 1.82) is 0 Å². The molecule has 6 nitrogen and oxygen atoms in total. The van der Waals surface area contributed by atoms with Gasteiger partial charge >= 0.3 is 12.1 Å². The molecule has 142 valence electrons. The monoisotopic (exact) mass is 363 g/mol. The first kappa shape index (κ1) is 21.0. The second-order valence-corrected chi connectivity index (χ2v) is 6.61. The molecule has 1 amide bonds. The molecule has 0 saturated carbocycles. The number of carboxylic acids is 1. The van der Waals surface area contributed by atoms with Crippen molar-refractivity contribution in [2.24, 2.45) is 5.92 Å². The molecule has 0 saturated heterocycles. The zero-order valence-corrected chi connectivity index (χ0v) is 14.9. The van der Waals surface area contributed by atoms with Crippen molar-refractivity contribution in [3.05, 3.63) is 17.0 Å². The molecule has 0 spiro atoms. The van der Waals surface area contributed by atoms with Crippen LogP contribution in [-0.2, 0) is 16.1 Å². The fourth-order valence-corrected chi connectivity index (χ4v) is 2.78. The van der Waals surface area contributed by atoms with Crippen LogP contribution in [0.2, 0.25) is 0 Å². The van der Waals surface area contributed by atoms with Crippen LogP contribution in [0.4, 0.5) is 13.2 Å². The van der Waals surface area contributed by atoms with E-state index in [2.05, 4.69) is 10.4 Å². The van der Waals surface area contributed by atoms with E-state index >= 15 is 0 Å². The second-order valence-electron chi connectivity index (χ2n) is 6.61. The predicted octanol–water partition coefficient (Wildman–Crippen LogP) is 2.78. The van der Waals surface area contributed by atoms with Crippen molar-refractivity contribution in [3.8, 4) is 0 Å². The van der Waals surface area contributed by atoms with E-state index in [1.54, 1.807) is 0 Å². The Labute approximate surface area is 144 Å². The molecule has 0 aliphatic heterocycles. The Morgan fingerprint density at radius 1 is 1.24 bits per heavy atom. The number of hydrogen-bond donors (Lipinski definition) is 2. The standard InChI is InChI=1S/C16H24F3N3O3/c1-8(2)6-12(15(24)25)20-14(23)9(3)13-10(4)21-22(11(13)5)7-16(17,18)19/h8-9,12H,6-7H2,1-5H3,(H,20,23)(H,24,25)/t9?,12-/m0/s1. The van der Waals surface area contributed by atoms with Crippen LogP contribution in [-0.4, -0.2) is 39.0 Å². The molecule has 0 bridgehead atoms. The number of alkyl halides is 3. The summed E-state index contributed by atoms with van der Waals surface area (Å²) < 4.78 is 38.6. The number of hydrogen-bond acceptors (Lipinski definition) is 3. The van der Waals surface area contributed by atoms with Crippen molar-refractivity contribution in [2.75, 3.05) is 0 Å². The van der Waals surface area contributed by atoms with Gasteiger partial charge in [-0.1, -0.05) is 13.8 Å². The maximum absolute atomic E-state index is 12.6. The molecular weight excluding hydrogens is 339 g/mol. The fourth-order valence-electron chi connectivity index (χ4n) is 2.78. The third-order valence-corrected chi connectivity index (χ3v) is 3.91. The van der Waals surface area contributed by atoms with Gasteiger partial charge in [0, 0.05) is 11.3 Å². The van der Waals surface area contributed by atoms with Gasteiger partial charge in [0.2, 0.25) is 5.91 Å². The summed E-state index contributed by atoms with van der Waals surface area (Å²) in [6.45, 7) is 6.95. The van der Waals surface area contributed by atoms with Gasteiger partial charge in [0.25, 0.3) is 0 Å². The van der Waals surface area contributed by atoms with Crippen LogP contribution in [0.1, 0.15) is 50.1 Å². The number of nitrogens with zero attached hydrogens (tertiary/aromatic N) is 2. The number of nitrogens with one attached hydrogen (secondary N) is 1. The van der Waals surface area contributed by atoms with Crippen LogP contribution in [0, 0.1) is 19.8 Å². The Bertz CT molecular complexity index is 639. The third-order valence-electron chi connectivity index (χ3n) is 3.91. The first-order chi connectivity index (χ1) is 11.3. The Morgan fingerprint density at radius 3 is 2.24 bits per heavy atom. The van der Waals surface area contributed by atoms with Gasteiger partial charge in [-0.25, -0.2) is 4.79 Å². The fraction of sp³-hybridized carbons (Fsp3) is 0.688. The van der Waals surface area contributed by atoms with Crippen molar-refractivity contribution in [1.82, 2.24) is 15.1 Å². The Morgan fingerprint density at radius 2 is 1.80 bits per heavy atom. The lowest BCUT2D eigenvalue weighted by atomic mass is 9.97. The maximum atomic E-state index is 12.6. The molecule has 1 aromatic heterocycles. The lowest BCUT2D eigenvalue weighted by molar-refractivity contribution is -0.143. The van der Waals surface area contributed by atoms with Crippen LogP contribution in [0.15, 0.2) is 0 Å². The molecule has 2 atom stereocenters. The van der Waals surface area contributed by atoms with Gasteiger partial charge in [-0.15, -0.1) is 0 Å². The van der Waals surface area contributed by atoms with Crippen molar-refractivity contribution in [3.63, 3.8) is 0 Å². The molecular formula is C16H24F3N3O3. The highest BCUT2D eigenvalue weighted by molar-refractivity contribution is 5.88. The molecule has 0 aliphatic rings. The van der Waals surface area contributed by atoms with Crippen molar-refractivity contribution >= 4 is 11.9 Å². The summed E-state index contributed by atoms with van der Waals surface area (Å²) in [5.41, 5.74) is 0.948. The topological polar surface area (TPSA) is 84.2 Å². The van der Waals surface area contributed by atoms with E-state index in [-0.39, 0.29) is 18.0 Å². The zero-order valence-electron chi connectivity index (χ0n) is 14.9. The van der Waals surface area contributed by atoms with E-state index in [1.807, 2.05) is 13.8 Å². The summed E-state index contributed by atoms with van der Waals surface area (Å²) in [6, 6.07) is -1.04. The van der Waals surface area contributed by atoms with Gasteiger partial charge in [0.05, 0.1) is 11.6 Å². The molecule has 0 fully saturated rings. The molecule has 2 N–H and O–H groups in total. The van der Waals surface area contributed by atoms with Crippen LogP contribution in [0.25, 0.3) is 0 Å². The number of carbonyl (C=O) groups is 2. The SMILES string of the molecule is Cc1nn(CC(F)(F)F)c(C)c1C(C)C(=O)N[C@@H](CC(C)C)C(=O)O. The average Bonchev–Trinajstić information content (AvgIpc) is 2.69. The number of rotatable bonds is 7. The van der Waals surface area contributed by atoms with Gasteiger partial charge in [-0.2, -0.15) is 18.3 Å². The summed E-state index contributed by atoms with van der Waals surface area (Å²) >= 11 is 0. The minimum absolute atomic E-state index is 0.0646. The molecule has 1 aromatic rings. The highest BCUT2D eigenvalue weighted by atomic mass is 19.4. The summed E-state index contributed by atoms with van der Waals surface area (Å²) in [5.74, 6) is -2.44. The molecule has 0 aromatic carbocycles. The molecule has 0 radical (unpaired) electrons. The van der Waals surface area contributed by atoms with E-state index in [0.29, 0.717) is 11.3 Å². The Balaban J connectivity index is 3.00. The van der Waals surface area contributed by atoms with Crippen molar-refractivity contribution < 1.29 is 27.9 Å². The highest BCUT2D eigenvalue weighted by Gasteiger charge is 2.32. The molecule has 0 aliphatic carbocycles. The Kier molecular flexibility index (Phi) is 6.61. The minimum atomic E-state index is -4.42. The normalized spacial score (nSPS) is 14.4. The summed E-state index contributed by atoms with van der Waals surface area (Å²) in [6.07, 6.45) is -4.16. The summed E-state index contributed by atoms with van der Waals surface area (Å²) in [4.78, 5) is 23.7. The number of carbonyl (C=O) groups excluding carboxylic acids is 1. The van der Waals surface area contributed by atoms with E-state index in [1.165, 1.54) is 20.8 Å². The first-order valence-corrected chi connectivity index (χ1v) is 7.97. The smallest absolute Gasteiger partial charge is 0.408 e. The van der Waals surface area contributed by atoms with E-state index in [9.17, 15) is 27.9 Å². The number of aryl methyl sites for hydroxylation is 1. The van der Waals surface area contributed by atoms with Gasteiger partial charge in [-0.05, 0) is 33.1 Å². The predicted molar refractivity (Wildman–Crippen MR) is 85.2 cm³/mol. The molecule has 1 rings (SSSR count). The number of aliphatic carboxylic acids is 1. The largest absolute Gasteiger partial charge is 0.480 e. The van der Waals surface area contributed by atoms with Crippen LogP contribution in [0.5, 0.6) is 0 Å². The molecule has 1 unspecified atom stereocenters. The quantitative estimate of drug-likeness (QED) is 0.780. The van der Waals surface area contributed by atoms with Gasteiger partial charge in [0.15, 0.2) is 0 Å². The first-order valence-electron chi connectivity index (χ1n) is 7.97. The maximum Gasteiger partial charge on any atom is 0.408 e.